The summed E-state index contributed by atoms with van der Waals surface area (Å²) in [4.78, 5) is 16.8. The van der Waals surface area contributed by atoms with Crippen molar-refractivity contribution in [2.24, 2.45) is 5.92 Å². The molecule has 0 aliphatic carbocycles. The van der Waals surface area contributed by atoms with Crippen LogP contribution in [0.3, 0.4) is 0 Å². The number of benzene rings is 2. The van der Waals surface area contributed by atoms with Crippen molar-refractivity contribution in [3.8, 4) is 17.9 Å². The molecule has 2 aromatic carbocycles. The molecule has 0 N–H and O–H groups in total. The van der Waals surface area contributed by atoms with E-state index >= 15 is 0 Å². The Morgan fingerprint density at radius 1 is 1.08 bits per heavy atom. The molecule has 6 nitrogen and oxygen atoms in total. The molecule has 1 aliphatic heterocycles. The van der Waals surface area contributed by atoms with E-state index in [0.717, 1.165) is 63.1 Å². The van der Waals surface area contributed by atoms with Crippen LogP contribution in [0.2, 0.25) is 0 Å². The number of ether oxygens (including phenoxy) is 1. The molecule has 0 bridgehead atoms. The molecule has 2 aromatic rings. The van der Waals surface area contributed by atoms with Crippen LogP contribution in [-0.2, 0) is 10.2 Å². The number of nitriles is 2. The number of hydrogen-bond donors (Lipinski definition) is 0. The molecule has 1 unspecified atom stereocenters. The van der Waals surface area contributed by atoms with E-state index < -0.39 is 5.41 Å². The number of carbonyl (C=O) groups excluding carboxylic acids is 1. The topological polar surface area (TPSA) is 80.4 Å². The van der Waals surface area contributed by atoms with Gasteiger partial charge in [0.25, 0.3) is 0 Å². The SMILES string of the molecule is CCCCN(CC(C#N)(c1ccccc1)C1CCN(CCCOc2ccc(C#N)cc2)CC1)C(C)=O. The molecule has 36 heavy (non-hydrogen) atoms. The van der Waals surface area contributed by atoms with Crippen molar-refractivity contribution in [3.63, 3.8) is 0 Å². The Morgan fingerprint density at radius 3 is 2.36 bits per heavy atom. The van der Waals surface area contributed by atoms with Gasteiger partial charge in [-0.1, -0.05) is 43.7 Å². The number of piperidine rings is 1. The van der Waals surface area contributed by atoms with E-state index in [2.05, 4.69) is 24.0 Å². The number of likely N-dealkylation sites (tertiary alicyclic amines) is 1. The number of rotatable bonds is 12. The first-order valence-electron chi connectivity index (χ1n) is 13.1. The molecular formula is C30H38N4O2. The van der Waals surface area contributed by atoms with Gasteiger partial charge in [-0.2, -0.15) is 10.5 Å². The van der Waals surface area contributed by atoms with Crippen LogP contribution in [0.5, 0.6) is 5.75 Å². The van der Waals surface area contributed by atoms with E-state index in [1.807, 2.05) is 47.4 Å². The third-order valence-corrected chi connectivity index (χ3v) is 7.31. The van der Waals surface area contributed by atoms with Gasteiger partial charge < -0.3 is 14.5 Å². The van der Waals surface area contributed by atoms with Gasteiger partial charge in [0.2, 0.25) is 5.91 Å². The predicted molar refractivity (Wildman–Crippen MR) is 141 cm³/mol. The summed E-state index contributed by atoms with van der Waals surface area (Å²) in [6.07, 6.45) is 4.74. The zero-order valence-corrected chi connectivity index (χ0v) is 21.7. The average Bonchev–Trinajstić information content (AvgIpc) is 2.92. The van der Waals surface area contributed by atoms with E-state index in [4.69, 9.17) is 10.00 Å². The van der Waals surface area contributed by atoms with Crippen molar-refractivity contribution in [1.82, 2.24) is 9.80 Å². The van der Waals surface area contributed by atoms with Crippen molar-refractivity contribution in [2.75, 3.05) is 39.3 Å². The fourth-order valence-corrected chi connectivity index (χ4v) is 5.13. The van der Waals surface area contributed by atoms with E-state index in [1.54, 1.807) is 19.1 Å². The van der Waals surface area contributed by atoms with Gasteiger partial charge >= 0.3 is 0 Å². The molecule has 3 rings (SSSR count). The summed E-state index contributed by atoms with van der Waals surface area (Å²) in [7, 11) is 0. The van der Waals surface area contributed by atoms with E-state index in [1.165, 1.54) is 0 Å². The molecule has 1 heterocycles. The highest BCUT2D eigenvalue weighted by Crippen LogP contribution is 2.39. The Balaban J connectivity index is 1.60. The minimum Gasteiger partial charge on any atom is -0.494 e. The number of amides is 1. The van der Waals surface area contributed by atoms with Gasteiger partial charge in [0.15, 0.2) is 0 Å². The Kier molecular flexibility index (Phi) is 10.3. The Labute approximate surface area is 216 Å². The van der Waals surface area contributed by atoms with Gasteiger partial charge in [-0.15, -0.1) is 0 Å². The van der Waals surface area contributed by atoms with Crippen LogP contribution < -0.4 is 4.74 Å². The number of hydrogen-bond acceptors (Lipinski definition) is 5. The van der Waals surface area contributed by atoms with Crippen LogP contribution in [0.25, 0.3) is 0 Å². The van der Waals surface area contributed by atoms with E-state index in [-0.39, 0.29) is 11.8 Å². The van der Waals surface area contributed by atoms with Gasteiger partial charge in [-0.05, 0) is 74.5 Å². The normalized spacial score (nSPS) is 15.9. The molecule has 0 spiro atoms. The van der Waals surface area contributed by atoms with Crippen LogP contribution >= 0.6 is 0 Å². The maximum atomic E-state index is 12.5. The Bertz CT molecular complexity index is 1030. The van der Waals surface area contributed by atoms with Gasteiger partial charge in [0, 0.05) is 26.6 Å². The summed E-state index contributed by atoms with van der Waals surface area (Å²) in [5, 5.41) is 19.5. The highest BCUT2D eigenvalue weighted by Gasteiger charge is 2.44. The molecule has 6 heteroatoms. The van der Waals surface area contributed by atoms with Gasteiger partial charge in [-0.3, -0.25) is 4.79 Å². The lowest BCUT2D eigenvalue weighted by atomic mass is 9.67. The quantitative estimate of drug-likeness (QED) is 0.388. The molecule has 1 aliphatic rings. The number of nitrogens with zero attached hydrogens (tertiary/aromatic N) is 4. The van der Waals surface area contributed by atoms with Crippen molar-refractivity contribution in [2.45, 2.75) is 51.4 Å². The summed E-state index contributed by atoms with van der Waals surface area (Å²) in [6.45, 7) is 8.34. The first kappa shape index (κ1) is 27.2. The molecule has 1 saturated heterocycles. The predicted octanol–water partition coefficient (Wildman–Crippen LogP) is 5.15. The smallest absolute Gasteiger partial charge is 0.219 e. The molecular weight excluding hydrogens is 448 g/mol. The Hall–Kier alpha value is -3.35. The zero-order chi connectivity index (χ0) is 25.8. The minimum absolute atomic E-state index is 0.0405. The molecule has 190 valence electrons. The lowest BCUT2D eigenvalue weighted by Gasteiger charge is -2.43. The first-order valence-corrected chi connectivity index (χ1v) is 13.1. The first-order chi connectivity index (χ1) is 17.5. The Morgan fingerprint density at radius 2 is 1.78 bits per heavy atom. The fraction of sp³-hybridized carbons (Fsp3) is 0.500. The van der Waals surface area contributed by atoms with Gasteiger partial charge in [0.1, 0.15) is 11.2 Å². The molecule has 1 fully saturated rings. The monoisotopic (exact) mass is 486 g/mol. The maximum absolute atomic E-state index is 12.5. The lowest BCUT2D eigenvalue weighted by molar-refractivity contribution is -0.129. The van der Waals surface area contributed by atoms with Gasteiger partial charge in [0.05, 0.1) is 24.3 Å². The maximum Gasteiger partial charge on any atom is 0.219 e. The zero-order valence-electron chi connectivity index (χ0n) is 21.7. The fourth-order valence-electron chi connectivity index (χ4n) is 5.13. The largest absolute Gasteiger partial charge is 0.494 e. The second kappa shape index (κ2) is 13.7. The van der Waals surface area contributed by atoms with Crippen LogP contribution in [-0.4, -0.2) is 55.0 Å². The standard InChI is InChI=1S/C30H38N4O2/c1-3-4-18-34(25(2)35)24-30(23-32,27-9-6-5-7-10-27)28-15-19-33(20-16-28)17-8-21-36-29-13-11-26(22-31)12-14-29/h5-7,9-14,28H,3-4,8,15-21,24H2,1-2H3. The van der Waals surface area contributed by atoms with Crippen LogP contribution in [0.1, 0.15) is 57.1 Å². The molecule has 0 saturated carbocycles. The minimum atomic E-state index is -0.703. The van der Waals surface area contributed by atoms with Crippen molar-refractivity contribution in [3.05, 3.63) is 65.7 Å². The third-order valence-electron chi connectivity index (χ3n) is 7.31. The molecule has 1 amide bonds. The summed E-state index contributed by atoms with van der Waals surface area (Å²) in [6, 6.07) is 22.1. The highest BCUT2D eigenvalue weighted by molar-refractivity contribution is 5.73. The van der Waals surface area contributed by atoms with E-state index in [9.17, 15) is 10.1 Å². The summed E-state index contributed by atoms with van der Waals surface area (Å²) < 4.78 is 5.83. The second-order valence-electron chi connectivity index (χ2n) is 9.70. The lowest BCUT2D eigenvalue weighted by Crippen LogP contribution is -2.50. The van der Waals surface area contributed by atoms with Gasteiger partial charge in [-0.25, -0.2) is 0 Å². The van der Waals surface area contributed by atoms with Crippen LogP contribution in [0.4, 0.5) is 0 Å². The van der Waals surface area contributed by atoms with Crippen LogP contribution in [0.15, 0.2) is 54.6 Å². The summed E-state index contributed by atoms with van der Waals surface area (Å²) >= 11 is 0. The summed E-state index contributed by atoms with van der Waals surface area (Å²) in [5.74, 6) is 1.02. The average molecular weight is 487 g/mol. The second-order valence-corrected chi connectivity index (χ2v) is 9.70. The number of carbonyl (C=O) groups is 1. The highest BCUT2D eigenvalue weighted by atomic mass is 16.5. The van der Waals surface area contributed by atoms with Crippen molar-refractivity contribution in [1.29, 1.82) is 10.5 Å². The van der Waals surface area contributed by atoms with E-state index in [0.29, 0.717) is 25.3 Å². The molecule has 1 atom stereocenters. The number of unbranched alkanes of at least 4 members (excludes halogenated alkanes) is 1. The molecule has 0 aromatic heterocycles. The molecule has 0 radical (unpaired) electrons. The van der Waals surface area contributed by atoms with Crippen LogP contribution in [0, 0.1) is 28.6 Å². The van der Waals surface area contributed by atoms with Crippen molar-refractivity contribution >= 4 is 5.91 Å². The van der Waals surface area contributed by atoms with Crippen molar-refractivity contribution < 1.29 is 9.53 Å². The third kappa shape index (κ3) is 7.09. The summed E-state index contributed by atoms with van der Waals surface area (Å²) in [5.41, 5.74) is 0.946.